The second-order valence-corrected chi connectivity index (χ2v) is 7.43. The zero-order chi connectivity index (χ0) is 18.3. The van der Waals surface area contributed by atoms with Crippen LogP contribution < -0.4 is 5.32 Å². The smallest absolute Gasteiger partial charge is 0.271 e. The molecular formula is C20H24N4O2. The number of imidazole rings is 1. The number of hydrogen-bond acceptors (Lipinski definition) is 3. The van der Waals surface area contributed by atoms with Crippen molar-refractivity contribution in [3.63, 3.8) is 0 Å². The van der Waals surface area contributed by atoms with E-state index in [1.54, 1.807) is 7.05 Å². The monoisotopic (exact) mass is 352 g/mol. The predicted molar refractivity (Wildman–Crippen MR) is 98.7 cm³/mol. The van der Waals surface area contributed by atoms with Crippen LogP contribution in [0.1, 0.15) is 35.9 Å². The zero-order valence-corrected chi connectivity index (χ0v) is 15.3. The van der Waals surface area contributed by atoms with E-state index in [1.807, 2.05) is 42.2 Å². The van der Waals surface area contributed by atoms with Crippen LogP contribution in [0.4, 0.5) is 0 Å². The van der Waals surface area contributed by atoms with Gasteiger partial charge in [-0.05, 0) is 12.8 Å². The lowest BCUT2D eigenvalue weighted by Gasteiger charge is -2.23. The number of rotatable bonds is 3. The average molecular weight is 352 g/mol. The topological polar surface area (TPSA) is 67.2 Å². The number of amides is 2. The number of carbonyl (C=O) groups excluding carboxylic acids is 2. The maximum absolute atomic E-state index is 12.8. The summed E-state index contributed by atoms with van der Waals surface area (Å²) in [6.07, 6.45) is 2.61. The highest BCUT2D eigenvalue weighted by Gasteiger charge is 2.47. The van der Waals surface area contributed by atoms with Gasteiger partial charge in [0.1, 0.15) is 11.5 Å². The van der Waals surface area contributed by atoms with E-state index in [-0.39, 0.29) is 17.2 Å². The summed E-state index contributed by atoms with van der Waals surface area (Å²) in [6.45, 7) is 4.00. The summed E-state index contributed by atoms with van der Waals surface area (Å²) < 4.78 is 2.11. The first-order chi connectivity index (χ1) is 12.5. The number of fused-ring (bicyclic) bond motifs is 1. The van der Waals surface area contributed by atoms with E-state index in [2.05, 4.69) is 14.9 Å². The maximum atomic E-state index is 12.8. The van der Waals surface area contributed by atoms with E-state index >= 15 is 0 Å². The number of nitrogens with one attached hydrogen (secondary N) is 1. The van der Waals surface area contributed by atoms with Crippen LogP contribution >= 0.6 is 0 Å². The van der Waals surface area contributed by atoms with Crippen LogP contribution in [0.15, 0.2) is 30.3 Å². The van der Waals surface area contributed by atoms with Gasteiger partial charge < -0.3 is 14.8 Å². The lowest BCUT2D eigenvalue weighted by Crippen LogP contribution is -2.38. The van der Waals surface area contributed by atoms with Crippen LogP contribution in [0.5, 0.6) is 0 Å². The van der Waals surface area contributed by atoms with E-state index in [0.717, 1.165) is 29.9 Å². The van der Waals surface area contributed by atoms with E-state index in [0.29, 0.717) is 31.7 Å². The first kappa shape index (κ1) is 16.8. The fourth-order valence-corrected chi connectivity index (χ4v) is 3.65. The van der Waals surface area contributed by atoms with Crippen LogP contribution in [0.25, 0.3) is 11.4 Å². The molecule has 136 valence electrons. The fraction of sp³-hybridized carbons (Fsp3) is 0.450. The highest BCUT2D eigenvalue weighted by atomic mass is 16.2. The second-order valence-electron chi connectivity index (χ2n) is 7.43. The Hall–Kier alpha value is -2.63. The molecule has 0 radical (unpaired) electrons. The Labute approximate surface area is 153 Å². The van der Waals surface area contributed by atoms with Gasteiger partial charge in [-0.1, -0.05) is 37.3 Å². The number of benzene rings is 1. The van der Waals surface area contributed by atoms with Crippen LogP contribution in [0, 0.1) is 5.41 Å². The Kier molecular flexibility index (Phi) is 4.05. The Morgan fingerprint density at radius 3 is 2.50 bits per heavy atom. The van der Waals surface area contributed by atoms with Crippen molar-refractivity contribution >= 4 is 11.8 Å². The SMILES string of the molecule is CNC(=O)c1nc(-c2ccccc2)n2c1CCN(C(=O)C1(C)CC1)CC2. The molecule has 1 aliphatic heterocycles. The van der Waals surface area contributed by atoms with Gasteiger partial charge in [0.05, 0.1) is 5.69 Å². The van der Waals surface area contributed by atoms with E-state index in [9.17, 15) is 9.59 Å². The average Bonchev–Trinajstić information content (AvgIpc) is 3.38. The molecule has 1 saturated carbocycles. The highest BCUT2D eigenvalue weighted by Crippen LogP contribution is 2.46. The van der Waals surface area contributed by atoms with Crippen molar-refractivity contribution in [3.8, 4) is 11.4 Å². The number of aromatic nitrogens is 2. The van der Waals surface area contributed by atoms with Crippen LogP contribution in [0.2, 0.25) is 0 Å². The molecule has 2 heterocycles. The van der Waals surface area contributed by atoms with Gasteiger partial charge >= 0.3 is 0 Å². The van der Waals surface area contributed by atoms with Crippen LogP contribution in [-0.4, -0.2) is 46.4 Å². The third-order valence-corrected chi connectivity index (χ3v) is 5.56. The van der Waals surface area contributed by atoms with Gasteiger partial charge in [0.25, 0.3) is 5.91 Å². The Morgan fingerprint density at radius 1 is 1.12 bits per heavy atom. The molecule has 1 N–H and O–H groups in total. The number of nitrogens with zero attached hydrogens (tertiary/aromatic N) is 3. The zero-order valence-electron chi connectivity index (χ0n) is 15.3. The highest BCUT2D eigenvalue weighted by molar-refractivity contribution is 5.94. The van der Waals surface area contributed by atoms with E-state index in [4.69, 9.17) is 0 Å². The van der Waals surface area contributed by atoms with Gasteiger partial charge in [-0.15, -0.1) is 0 Å². The minimum atomic E-state index is -0.176. The Bertz CT molecular complexity index is 852. The van der Waals surface area contributed by atoms with E-state index in [1.165, 1.54) is 0 Å². The van der Waals surface area contributed by atoms with Gasteiger partial charge in [-0.2, -0.15) is 0 Å². The molecule has 0 spiro atoms. The van der Waals surface area contributed by atoms with Crippen molar-refractivity contribution in [2.75, 3.05) is 20.1 Å². The van der Waals surface area contributed by atoms with Crippen molar-refractivity contribution in [1.82, 2.24) is 19.8 Å². The molecule has 1 aromatic carbocycles. The molecule has 1 aliphatic carbocycles. The van der Waals surface area contributed by atoms with Gasteiger partial charge in [0, 0.05) is 44.1 Å². The van der Waals surface area contributed by atoms with Gasteiger partial charge in [0.2, 0.25) is 5.91 Å². The van der Waals surface area contributed by atoms with Gasteiger partial charge in [-0.25, -0.2) is 4.98 Å². The molecule has 2 amide bonds. The molecule has 1 aromatic heterocycles. The van der Waals surface area contributed by atoms with Gasteiger partial charge in [0.15, 0.2) is 0 Å². The summed E-state index contributed by atoms with van der Waals surface area (Å²) in [5.41, 5.74) is 2.21. The fourth-order valence-electron chi connectivity index (χ4n) is 3.65. The molecule has 2 aliphatic rings. The summed E-state index contributed by atoms with van der Waals surface area (Å²) in [7, 11) is 1.62. The molecule has 6 nitrogen and oxygen atoms in total. The van der Waals surface area contributed by atoms with Crippen molar-refractivity contribution in [2.45, 2.75) is 32.7 Å². The summed E-state index contributed by atoms with van der Waals surface area (Å²) >= 11 is 0. The lowest BCUT2D eigenvalue weighted by atomic mass is 10.1. The molecule has 4 rings (SSSR count). The van der Waals surface area contributed by atoms with Crippen molar-refractivity contribution in [1.29, 1.82) is 0 Å². The quantitative estimate of drug-likeness (QED) is 0.920. The number of hydrogen-bond donors (Lipinski definition) is 1. The minimum absolute atomic E-state index is 0.164. The molecule has 0 unspecified atom stereocenters. The number of carbonyl (C=O) groups is 2. The van der Waals surface area contributed by atoms with Crippen molar-refractivity contribution in [2.24, 2.45) is 5.41 Å². The first-order valence-electron chi connectivity index (χ1n) is 9.20. The molecule has 26 heavy (non-hydrogen) atoms. The Morgan fingerprint density at radius 2 is 1.85 bits per heavy atom. The standard InChI is InChI=1S/C20H24N4O2/c1-20(9-10-20)19(26)23-11-8-15-16(18(25)21-2)22-17(24(15)13-12-23)14-6-4-3-5-7-14/h3-7H,8-13H2,1-2H3,(H,21,25). The summed E-state index contributed by atoms with van der Waals surface area (Å²) in [4.78, 5) is 31.7. The largest absolute Gasteiger partial charge is 0.354 e. The van der Waals surface area contributed by atoms with Crippen LogP contribution in [0.3, 0.4) is 0 Å². The lowest BCUT2D eigenvalue weighted by molar-refractivity contribution is -0.136. The van der Waals surface area contributed by atoms with Gasteiger partial charge in [-0.3, -0.25) is 9.59 Å². The van der Waals surface area contributed by atoms with Crippen molar-refractivity contribution in [3.05, 3.63) is 41.7 Å². The van der Waals surface area contributed by atoms with E-state index < -0.39 is 0 Å². The minimum Gasteiger partial charge on any atom is -0.354 e. The molecule has 6 heteroatoms. The third kappa shape index (κ3) is 2.79. The van der Waals surface area contributed by atoms with Crippen molar-refractivity contribution < 1.29 is 9.59 Å². The van der Waals surface area contributed by atoms with Crippen LogP contribution in [-0.2, 0) is 17.8 Å². The molecule has 0 atom stereocenters. The Balaban J connectivity index is 1.70. The summed E-state index contributed by atoms with van der Waals surface area (Å²) in [5, 5.41) is 2.69. The predicted octanol–water partition coefficient (Wildman–Crippen LogP) is 2.09. The summed E-state index contributed by atoms with van der Waals surface area (Å²) in [6, 6.07) is 9.91. The molecule has 0 bridgehead atoms. The second kappa shape index (κ2) is 6.27. The molecule has 1 fully saturated rings. The molecular weight excluding hydrogens is 328 g/mol. The molecule has 0 saturated heterocycles. The molecule has 2 aromatic rings. The maximum Gasteiger partial charge on any atom is 0.271 e. The normalized spacial score (nSPS) is 18.0. The third-order valence-electron chi connectivity index (χ3n) is 5.56. The first-order valence-corrected chi connectivity index (χ1v) is 9.20. The summed E-state index contributed by atoms with van der Waals surface area (Å²) in [5.74, 6) is 0.870.